The van der Waals surface area contributed by atoms with Crippen LogP contribution in [-0.2, 0) is 4.79 Å². The lowest BCUT2D eigenvalue weighted by molar-refractivity contribution is -0.131. The molecule has 4 nitrogen and oxygen atoms in total. The molecule has 0 aromatic carbocycles. The van der Waals surface area contributed by atoms with Gasteiger partial charge in [0.2, 0.25) is 5.91 Å². The molecule has 2 rings (SSSR count). The summed E-state index contributed by atoms with van der Waals surface area (Å²) in [6.45, 7) is 6.95. The van der Waals surface area contributed by atoms with Crippen LogP contribution in [0, 0.1) is 0 Å². The molecule has 0 radical (unpaired) electrons. The van der Waals surface area contributed by atoms with Gasteiger partial charge in [-0.1, -0.05) is 25.6 Å². The van der Waals surface area contributed by atoms with Crippen LogP contribution in [0.3, 0.4) is 0 Å². The standard InChI is InChI=1S/C15H27N3OS/c1-3-15(4-2)12-20-14(17-15)16-9-8-13(19)18-10-6-5-7-11-18/h3-12H2,1-2H3,(H,16,17). The maximum Gasteiger partial charge on any atom is 0.224 e. The van der Waals surface area contributed by atoms with E-state index in [1.54, 1.807) is 11.8 Å². The van der Waals surface area contributed by atoms with E-state index in [0.29, 0.717) is 13.0 Å². The van der Waals surface area contributed by atoms with Gasteiger partial charge >= 0.3 is 0 Å². The minimum atomic E-state index is 0.223. The fourth-order valence-electron chi connectivity index (χ4n) is 2.78. The van der Waals surface area contributed by atoms with Crippen LogP contribution >= 0.6 is 11.8 Å². The van der Waals surface area contributed by atoms with Crippen LogP contribution in [0.2, 0.25) is 0 Å². The molecule has 20 heavy (non-hydrogen) atoms. The number of likely N-dealkylation sites (tertiary alicyclic amines) is 1. The van der Waals surface area contributed by atoms with Crippen molar-refractivity contribution in [1.29, 1.82) is 0 Å². The van der Waals surface area contributed by atoms with Crippen LogP contribution in [0.1, 0.15) is 52.4 Å². The zero-order chi connectivity index (χ0) is 14.4. The topological polar surface area (TPSA) is 44.7 Å². The molecule has 0 unspecified atom stereocenters. The highest BCUT2D eigenvalue weighted by atomic mass is 32.2. The highest BCUT2D eigenvalue weighted by Crippen LogP contribution is 2.28. The van der Waals surface area contributed by atoms with E-state index < -0.39 is 0 Å². The fourth-order valence-corrected chi connectivity index (χ4v) is 4.14. The highest BCUT2D eigenvalue weighted by molar-refractivity contribution is 8.14. The van der Waals surface area contributed by atoms with Crippen molar-refractivity contribution in [3.8, 4) is 0 Å². The summed E-state index contributed by atoms with van der Waals surface area (Å²) in [7, 11) is 0. The Morgan fingerprint density at radius 3 is 2.60 bits per heavy atom. The fraction of sp³-hybridized carbons (Fsp3) is 0.867. The van der Waals surface area contributed by atoms with Gasteiger partial charge < -0.3 is 10.2 Å². The maximum atomic E-state index is 12.0. The van der Waals surface area contributed by atoms with Crippen molar-refractivity contribution >= 4 is 22.8 Å². The van der Waals surface area contributed by atoms with Crippen molar-refractivity contribution in [3.63, 3.8) is 0 Å². The Kier molecular flexibility index (Phi) is 5.75. The van der Waals surface area contributed by atoms with E-state index in [2.05, 4.69) is 24.2 Å². The van der Waals surface area contributed by atoms with Gasteiger partial charge in [-0.05, 0) is 32.1 Å². The molecule has 0 aromatic rings. The van der Waals surface area contributed by atoms with Gasteiger partial charge in [0.1, 0.15) is 0 Å². The summed E-state index contributed by atoms with van der Waals surface area (Å²) in [6.07, 6.45) is 6.39. The number of carbonyl (C=O) groups excluding carboxylic acids is 1. The first kappa shape index (κ1) is 15.7. The van der Waals surface area contributed by atoms with Gasteiger partial charge in [-0.15, -0.1) is 0 Å². The summed E-state index contributed by atoms with van der Waals surface area (Å²) in [4.78, 5) is 18.6. The lowest BCUT2D eigenvalue weighted by Crippen LogP contribution is -2.42. The van der Waals surface area contributed by atoms with E-state index in [1.165, 1.54) is 6.42 Å². The van der Waals surface area contributed by atoms with Gasteiger partial charge in [-0.2, -0.15) is 0 Å². The number of amides is 1. The SMILES string of the molecule is CCC1(CC)CSC(=NCCC(=O)N2CCCCC2)N1. The number of hydrogen-bond acceptors (Lipinski definition) is 3. The van der Waals surface area contributed by atoms with Crippen LogP contribution < -0.4 is 5.32 Å². The third kappa shape index (κ3) is 3.90. The molecule has 2 heterocycles. The minimum Gasteiger partial charge on any atom is -0.359 e. The van der Waals surface area contributed by atoms with Crippen molar-refractivity contribution in [3.05, 3.63) is 0 Å². The Bertz CT molecular complexity index is 360. The van der Waals surface area contributed by atoms with Crippen LogP contribution in [0.15, 0.2) is 4.99 Å². The molecule has 0 spiro atoms. The van der Waals surface area contributed by atoms with Gasteiger partial charge in [0.05, 0.1) is 6.54 Å². The van der Waals surface area contributed by atoms with Crippen molar-refractivity contribution in [1.82, 2.24) is 10.2 Å². The lowest BCUT2D eigenvalue weighted by Gasteiger charge is -2.26. The predicted octanol–water partition coefficient (Wildman–Crippen LogP) is 2.64. The molecule has 2 fully saturated rings. The number of amidine groups is 1. The zero-order valence-corrected chi connectivity index (χ0v) is 13.6. The smallest absolute Gasteiger partial charge is 0.224 e. The first-order valence-electron chi connectivity index (χ1n) is 7.92. The molecule has 114 valence electrons. The van der Waals surface area contributed by atoms with Crippen LogP contribution in [0.4, 0.5) is 0 Å². The molecule has 5 heteroatoms. The summed E-state index contributed by atoms with van der Waals surface area (Å²) in [5.74, 6) is 1.37. The van der Waals surface area contributed by atoms with E-state index in [-0.39, 0.29) is 11.4 Å². The van der Waals surface area contributed by atoms with Gasteiger partial charge in [0, 0.05) is 30.8 Å². The quantitative estimate of drug-likeness (QED) is 0.848. The molecule has 0 bridgehead atoms. The normalized spacial score (nSPS) is 23.9. The first-order chi connectivity index (χ1) is 9.69. The number of nitrogens with one attached hydrogen (secondary N) is 1. The van der Waals surface area contributed by atoms with Crippen molar-refractivity contribution in [2.75, 3.05) is 25.4 Å². The number of hydrogen-bond donors (Lipinski definition) is 1. The maximum absolute atomic E-state index is 12.0. The largest absolute Gasteiger partial charge is 0.359 e. The first-order valence-corrected chi connectivity index (χ1v) is 8.91. The van der Waals surface area contributed by atoms with Crippen LogP contribution in [0.25, 0.3) is 0 Å². The van der Waals surface area contributed by atoms with E-state index in [0.717, 1.165) is 49.7 Å². The number of piperidine rings is 1. The summed E-state index contributed by atoms with van der Waals surface area (Å²) in [6, 6.07) is 0. The molecule has 2 aliphatic heterocycles. The van der Waals surface area contributed by atoms with Gasteiger partial charge in [-0.3, -0.25) is 9.79 Å². The third-order valence-electron chi connectivity index (χ3n) is 4.50. The Morgan fingerprint density at radius 2 is 2.00 bits per heavy atom. The monoisotopic (exact) mass is 297 g/mol. The molecule has 0 saturated carbocycles. The summed E-state index contributed by atoms with van der Waals surface area (Å²) in [5, 5.41) is 4.57. The molecule has 2 saturated heterocycles. The van der Waals surface area contributed by atoms with Crippen LogP contribution in [-0.4, -0.2) is 46.9 Å². The van der Waals surface area contributed by atoms with E-state index in [9.17, 15) is 4.79 Å². The molecule has 1 amide bonds. The second-order valence-electron chi connectivity index (χ2n) is 5.78. The minimum absolute atomic E-state index is 0.223. The van der Waals surface area contributed by atoms with Crippen molar-refractivity contribution in [2.45, 2.75) is 57.9 Å². The van der Waals surface area contributed by atoms with Crippen LogP contribution in [0.5, 0.6) is 0 Å². The van der Waals surface area contributed by atoms with E-state index >= 15 is 0 Å². The third-order valence-corrected chi connectivity index (χ3v) is 5.70. The molecular weight excluding hydrogens is 270 g/mol. The zero-order valence-electron chi connectivity index (χ0n) is 12.8. The van der Waals surface area contributed by atoms with E-state index in [1.807, 2.05) is 4.90 Å². The molecule has 0 atom stereocenters. The Labute approximate surface area is 126 Å². The summed E-state index contributed by atoms with van der Waals surface area (Å²) < 4.78 is 0. The molecule has 1 N–H and O–H groups in total. The molecule has 2 aliphatic rings. The number of aliphatic imine (C=N–C) groups is 1. The number of nitrogens with zero attached hydrogens (tertiary/aromatic N) is 2. The summed E-state index contributed by atoms with van der Waals surface area (Å²) >= 11 is 1.80. The van der Waals surface area contributed by atoms with Crippen molar-refractivity contribution in [2.24, 2.45) is 4.99 Å². The Balaban J connectivity index is 1.75. The molecule has 0 aliphatic carbocycles. The average Bonchev–Trinajstić information content (AvgIpc) is 2.92. The second kappa shape index (κ2) is 7.34. The lowest BCUT2D eigenvalue weighted by atomic mass is 9.96. The second-order valence-corrected chi connectivity index (χ2v) is 6.74. The Hall–Kier alpha value is -0.710. The van der Waals surface area contributed by atoms with Gasteiger partial charge in [0.15, 0.2) is 5.17 Å². The molecule has 0 aromatic heterocycles. The highest BCUT2D eigenvalue weighted by Gasteiger charge is 2.33. The predicted molar refractivity (Wildman–Crippen MR) is 86.3 cm³/mol. The van der Waals surface area contributed by atoms with Crippen molar-refractivity contribution < 1.29 is 4.79 Å². The van der Waals surface area contributed by atoms with Gasteiger partial charge in [0.25, 0.3) is 0 Å². The molecular formula is C15H27N3OS. The Morgan fingerprint density at radius 1 is 1.30 bits per heavy atom. The summed E-state index contributed by atoms with van der Waals surface area (Å²) in [5.41, 5.74) is 0.223. The number of thioether (sulfide) groups is 1. The average molecular weight is 297 g/mol. The number of carbonyl (C=O) groups is 1. The van der Waals surface area contributed by atoms with E-state index in [4.69, 9.17) is 0 Å². The number of rotatable bonds is 5. The van der Waals surface area contributed by atoms with Gasteiger partial charge in [-0.25, -0.2) is 0 Å².